The molecule has 7 heteroatoms. The van der Waals surface area contributed by atoms with Crippen molar-refractivity contribution in [2.75, 3.05) is 0 Å². The molecule has 2 fully saturated rings. The smallest absolute Gasteiger partial charge is 0.461 e. The van der Waals surface area contributed by atoms with Crippen LogP contribution in [0.2, 0.25) is 5.82 Å². The van der Waals surface area contributed by atoms with Crippen molar-refractivity contribution in [1.29, 1.82) is 0 Å². The van der Waals surface area contributed by atoms with Gasteiger partial charge in [0.25, 0.3) is 0 Å². The maximum absolute atomic E-state index is 12.3. The zero-order chi connectivity index (χ0) is 18.6. The summed E-state index contributed by atoms with van der Waals surface area (Å²) in [6.07, 6.45) is 3.13. The summed E-state index contributed by atoms with van der Waals surface area (Å²) in [5, 5.41) is 0. The molecule has 0 aromatic carbocycles. The van der Waals surface area contributed by atoms with Gasteiger partial charge in [-0.15, -0.1) is 0 Å². The fourth-order valence-corrected chi connectivity index (χ4v) is 3.22. The number of ether oxygens (including phenoxy) is 2. The first-order valence-corrected chi connectivity index (χ1v) is 9.55. The molecule has 142 valence electrons. The molecule has 1 heterocycles. The Morgan fingerprint density at radius 3 is 1.96 bits per heavy atom. The molecule has 0 spiro atoms. The number of hydrogen-bond acceptors (Lipinski definition) is 6. The van der Waals surface area contributed by atoms with E-state index in [1.165, 1.54) is 19.3 Å². The monoisotopic (exact) mass is 354 g/mol. The third-order valence-corrected chi connectivity index (χ3v) is 4.51. The van der Waals surface area contributed by atoms with Gasteiger partial charge in [-0.05, 0) is 45.9 Å². The summed E-state index contributed by atoms with van der Waals surface area (Å²) in [6.45, 7) is 9.23. The molecule has 1 aliphatic carbocycles. The lowest BCUT2D eigenvalue weighted by molar-refractivity contribution is -0.167. The average molecular weight is 354 g/mol. The van der Waals surface area contributed by atoms with Crippen LogP contribution in [0.15, 0.2) is 0 Å². The number of unbranched alkanes of at least 4 members (excludes halogenated alkanes) is 2. The highest BCUT2D eigenvalue weighted by molar-refractivity contribution is 6.49. The Morgan fingerprint density at radius 2 is 1.52 bits per heavy atom. The molecule has 2 rings (SSSR count). The Labute approximate surface area is 151 Å². The van der Waals surface area contributed by atoms with Crippen LogP contribution < -0.4 is 0 Å². The molecule has 0 bridgehead atoms. The lowest BCUT2D eigenvalue weighted by atomic mass is 9.80. The summed E-state index contributed by atoms with van der Waals surface area (Å²) >= 11 is 0. The van der Waals surface area contributed by atoms with Gasteiger partial charge in [0.1, 0.15) is 0 Å². The third kappa shape index (κ3) is 5.71. The molecule has 0 radical (unpaired) electrons. The largest absolute Gasteiger partial charge is 0.461 e. The first-order valence-electron chi connectivity index (χ1n) is 9.55. The number of rotatable bonds is 9. The van der Waals surface area contributed by atoms with Gasteiger partial charge < -0.3 is 18.8 Å². The van der Waals surface area contributed by atoms with Gasteiger partial charge in [0.15, 0.2) is 12.2 Å². The van der Waals surface area contributed by atoms with Crippen LogP contribution in [0.5, 0.6) is 0 Å². The molecule has 1 saturated heterocycles. The van der Waals surface area contributed by atoms with Crippen molar-refractivity contribution in [2.24, 2.45) is 5.92 Å². The fourth-order valence-electron chi connectivity index (χ4n) is 3.22. The second kappa shape index (κ2) is 9.03. The predicted octanol–water partition coefficient (Wildman–Crippen LogP) is 3.13. The molecule has 2 unspecified atom stereocenters. The van der Waals surface area contributed by atoms with Crippen LogP contribution in [0, 0.1) is 5.92 Å². The third-order valence-electron chi connectivity index (χ3n) is 4.51. The molecule has 25 heavy (non-hydrogen) atoms. The Kier molecular flexibility index (Phi) is 7.31. The zero-order valence-electron chi connectivity index (χ0n) is 16.0. The van der Waals surface area contributed by atoms with E-state index in [2.05, 4.69) is 6.92 Å². The molecular formula is C18H31BO6. The van der Waals surface area contributed by atoms with Crippen LogP contribution >= 0.6 is 0 Å². The SMILES string of the molecule is CCCCC[C@H]1C[C@@H]1B1OC(C(=O)OC(C)C)C(C(=O)OC(C)C)O1. The quantitative estimate of drug-likeness (QED) is 0.360. The van der Waals surface area contributed by atoms with E-state index in [4.69, 9.17) is 18.8 Å². The van der Waals surface area contributed by atoms with Crippen molar-refractivity contribution >= 4 is 19.1 Å². The Balaban J connectivity index is 1.96. The Bertz CT molecular complexity index is 436. The minimum Gasteiger partial charge on any atom is -0.461 e. The van der Waals surface area contributed by atoms with E-state index in [9.17, 15) is 9.59 Å². The van der Waals surface area contributed by atoms with Gasteiger partial charge in [0.2, 0.25) is 0 Å². The van der Waals surface area contributed by atoms with E-state index in [-0.39, 0.29) is 18.0 Å². The summed E-state index contributed by atoms with van der Waals surface area (Å²) in [5.41, 5.74) is 0. The summed E-state index contributed by atoms with van der Waals surface area (Å²) in [7, 11) is -0.527. The second-order valence-corrected chi connectivity index (χ2v) is 7.61. The van der Waals surface area contributed by atoms with Gasteiger partial charge in [-0.25, -0.2) is 9.59 Å². The molecule has 6 nitrogen and oxygen atoms in total. The fraction of sp³-hybridized carbons (Fsp3) is 0.889. The Morgan fingerprint density at radius 1 is 1.00 bits per heavy atom. The first-order chi connectivity index (χ1) is 11.8. The second-order valence-electron chi connectivity index (χ2n) is 7.61. The lowest BCUT2D eigenvalue weighted by Crippen LogP contribution is -2.40. The average Bonchev–Trinajstić information content (AvgIpc) is 3.13. The minimum absolute atomic E-state index is 0.253. The summed E-state index contributed by atoms with van der Waals surface area (Å²) < 4.78 is 22.0. The number of carbonyl (C=O) groups excluding carboxylic acids is 2. The molecule has 0 aromatic heterocycles. The number of hydrogen-bond donors (Lipinski definition) is 0. The van der Waals surface area contributed by atoms with Gasteiger partial charge in [-0.1, -0.05) is 32.6 Å². The van der Waals surface area contributed by atoms with Crippen LogP contribution in [0.1, 0.15) is 66.7 Å². The van der Waals surface area contributed by atoms with E-state index in [1.54, 1.807) is 27.7 Å². The lowest BCUT2D eigenvalue weighted by Gasteiger charge is -2.18. The van der Waals surface area contributed by atoms with Crippen molar-refractivity contribution in [2.45, 2.75) is 97.0 Å². The molecule has 0 aromatic rings. The van der Waals surface area contributed by atoms with Gasteiger partial charge in [-0.2, -0.15) is 0 Å². The van der Waals surface area contributed by atoms with Crippen molar-refractivity contribution in [1.82, 2.24) is 0 Å². The normalized spacial score (nSPS) is 28.5. The van der Waals surface area contributed by atoms with E-state index >= 15 is 0 Å². The summed E-state index contributed by atoms with van der Waals surface area (Å²) in [6, 6.07) is 0. The molecule has 4 atom stereocenters. The number of carbonyl (C=O) groups is 2. The standard InChI is InChI=1S/C18H31BO6/c1-6-7-8-9-13-10-14(13)19-24-15(17(20)22-11(2)3)16(25-19)18(21)23-12(4)5/h11-16H,6-10H2,1-5H3/t13-,14-,15?,16?/m0/s1. The van der Waals surface area contributed by atoms with Gasteiger partial charge in [-0.3, -0.25) is 0 Å². The van der Waals surface area contributed by atoms with Gasteiger partial charge in [0.05, 0.1) is 12.2 Å². The zero-order valence-corrected chi connectivity index (χ0v) is 16.0. The molecular weight excluding hydrogens is 323 g/mol. The van der Waals surface area contributed by atoms with Crippen LogP contribution in [-0.2, 0) is 28.4 Å². The highest BCUT2D eigenvalue weighted by Gasteiger charge is 2.58. The van der Waals surface area contributed by atoms with E-state index in [1.807, 2.05) is 0 Å². The van der Waals surface area contributed by atoms with Crippen LogP contribution in [-0.4, -0.2) is 43.5 Å². The van der Waals surface area contributed by atoms with E-state index in [0.29, 0.717) is 5.92 Å². The van der Waals surface area contributed by atoms with Crippen molar-refractivity contribution in [3.8, 4) is 0 Å². The summed E-state index contributed by atoms with van der Waals surface area (Å²) in [5.74, 6) is -0.320. The molecule has 1 saturated carbocycles. The van der Waals surface area contributed by atoms with Crippen LogP contribution in [0.25, 0.3) is 0 Å². The molecule has 0 amide bonds. The molecule has 0 N–H and O–H groups in total. The van der Waals surface area contributed by atoms with Crippen molar-refractivity contribution in [3.63, 3.8) is 0 Å². The maximum atomic E-state index is 12.3. The van der Waals surface area contributed by atoms with Crippen LogP contribution in [0.3, 0.4) is 0 Å². The van der Waals surface area contributed by atoms with E-state index in [0.717, 1.165) is 12.8 Å². The highest BCUT2D eigenvalue weighted by atomic mass is 16.7. The maximum Gasteiger partial charge on any atom is 0.461 e. The van der Waals surface area contributed by atoms with Crippen molar-refractivity contribution < 1.29 is 28.4 Å². The first kappa shape index (κ1) is 20.2. The van der Waals surface area contributed by atoms with Crippen LogP contribution in [0.4, 0.5) is 0 Å². The topological polar surface area (TPSA) is 71.1 Å². The predicted molar refractivity (Wildman–Crippen MR) is 94.0 cm³/mol. The van der Waals surface area contributed by atoms with Gasteiger partial charge >= 0.3 is 19.1 Å². The van der Waals surface area contributed by atoms with Gasteiger partial charge in [0, 0.05) is 0 Å². The molecule has 2 aliphatic rings. The Hall–Kier alpha value is -1.08. The molecule has 1 aliphatic heterocycles. The van der Waals surface area contributed by atoms with Crippen molar-refractivity contribution in [3.05, 3.63) is 0 Å². The highest BCUT2D eigenvalue weighted by Crippen LogP contribution is 2.52. The summed E-state index contributed by atoms with van der Waals surface area (Å²) in [4.78, 5) is 24.6. The number of esters is 2. The van der Waals surface area contributed by atoms with E-state index < -0.39 is 31.3 Å². The minimum atomic E-state index is -1.05.